The van der Waals surface area contributed by atoms with Crippen LogP contribution in [0.2, 0.25) is 0 Å². The van der Waals surface area contributed by atoms with Gasteiger partial charge in [-0.2, -0.15) is 18.3 Å². The number of methoxy groups -OCH3 is 1. The fraction of sp³-hybridized carbons (Fsp3) is 0.238. The molecular weight excluding hydrogens is 415 g/mol. The lowest BCUT2D eigenvalue weighted by Crippen LogP contribution is -2.15. The number of thioether (sulfide) groups is 1. The van der Waals surface area contributed by atoms with Crippen LogP contribution in [0, 0.1) is 6.92 Å². The molecule has 2 heterocycles. The van der Waals surface area contributed by atoms with Crippen LogP contribution in [0.3, 0.4) is 0 Å². The zero-order chi connectivity index (χ0) is 21.5. The van der Waals surface area contributed by atoms with E-state index in [1.165, 1.54) is 12.1 Å². The van der Waals surface area contributed by atoms with E-state index in [9.17, 15) is 18.0 Å². The molecule has 1 amide bonds. The van der Waals surface area contributed by atoms with Crippen molar-refractivity contribution in [1.29, 1.82) is 0 Å². The van der Waals surface area contributed by atoms with E-state index in [2.05, 4.69) is 10.4 Å². The summed E-state index contributed by atoms with van der Waals surface area (Å²) >= 11 is 1.16. The molecule has 4 rings (SSSR count). The molecule has 0 fully saturated rings. The van der Waals surface area contributed by atoms with Crippen LogP contribution in [0.4, 0.5) is 19.0 Å². The maximum atomic E-state index is 13.7. The molecule has 2 aromatic carbocycles. The molecule has 0 bridgehead atoms. The largest absolute Gasteiger partial charge is 0.497 e. The lowest BCUT2D eigenvalue weighted by Gasteiger charge is -2.20. The highest BCUT2D eigenvalue weighted by Crippen LogP contribution is 2.47. The molecule has 0 saturated heterocycles. The van der Waals surface area contributed by atoms with Crippen LogP contribution in [0.5, 0.6) is 5.75 Å². The van der Waals surface area contributed by atoms with Gasteiger partial charge in [-0.05, 0) is 42.8 Å². The highest BCUT2D eigenvalue weighted by molar-refractivity contribution is 8.00. The highest BCUT2D eigenvalue weighted by atomic mass is 32.2. The van der Waals surface area contributed by atoms with Crippen molar-refractivity contribution < 1.29 is 22.7 Å². The zero-order valence-corrected chi connectivity index (χ0v) is 17.0. The number of anilines is 1. The van der Waals surface area contributed by atoms with E-state index in [4.69, 9.17) is 4.74 Å². The van der Waals surface area contributed by atoms with E-state index < -0.39 is 17.0 Å². The molecule has 0 unspecified atom stereocenters. The minimum atomic E-state index is -4.50. The summed E-state index contributed by atoms with van der Waals surface area (Å²) in [7, 11) is 1.55. The Hall–Kier alpha value is -2.94. The molecule has 1 aliphatic heterocycles. The summed E-state index contributed by atoms with van der Waals surface area (Å²) in [6.45, 7) is 1.74. The van der Waals surface area contributed by atoms with E-state index >= 15 is 0 Å². The van der Waals surface area contributed by atoms with Crippen LogP contribution < -0.4 is 10.1 Å². The third-order valence-corrected chi connectivity index (χ3v) is 6.13. The van der Waals surface area contributed by atoms with Crippen molar-refractivity contribution in [3.05, 3.63) is 70.9 Å². The van der Waals surface area contributed by atoms with Gasteiger partial charge in [0.1, 0.15) is 11.6 Å². The van der Waals surface area contributed by atoms with E-state index in [0.717, 1.165) is 17.8 Å². The minimum Gasteiger partial charge on any atom is -0.497 e. The number of fused-ring (bicyclic) bond motifs is 1. The number of nitrogens with zero attached hydrogens (tertiary/aromatic N) is 2. The van der Waals surface area contributed by atoms with Crippen LogP contribution in [-0.4, -0.2) is 28.6 Å². The average molecular weight is 433 g/mol. The molecule has 1 atom stereocenters. The molecular formula is C21H18F3N3O2S. The van der Waals surface area contributed by atoms with Gasteiger partial charge < -0.3 is 10.1 Å². The third kappa shape index (κ3) is 3.65. The molecule has 0 radical (unpaired) electrons. The van der Waals surface area contributed by atoms with E-state index in [-0.39, 0.29) is 17.2 Å². The molecule has 1 aliphatic rings. The number of alkyl halides is 3. The van der Waals surface area contributed by atoms with Crippen LogP contribution in [-0.2, 0) is 11.0 Å². The predicted octanol–water partition coefficient (Wildman–Crippen LogP) is 4.98. The van der Waals surface area contributed by atoms with Gasteiger partial charge in [-0.1, -0.05) is 18.2 Å². The Kier molecular flexibility index (Phi) is 5.23. The molecule has 156 valence electrons. The van der Waals surface area contributed by atoms with Crippen molar-refractivity contribution in [1.82, 2.24) is 9.78 Å². The van der Waals surface area contributed by atoms with Crippen LogP contribution in [0.25, 0.3) is 5.69 Å². The van der Waals surface area contributed by atoms with Gasteiger partial charge in [-0.25, -0.2) is 4.68 Å². The summed E-state index contributed by atoms with van der Waals surface area (Å²) in [6.07, 6.45) is -4.50. The summed E-state index contributed by atoms with van der Waals surface area (Å²) in [6, 6.07) is 12.5. The van der Waals surface area contributed by atoms with Gasteiger partial charge in [0.25, 0.3) is 0 Å². The lowest BCUT2D eigenvalue weighted by atomic mass is 9.98. The van der Waals surface area contributed by atoms with E-state index in [1.807, 2.05) is 0 Å². The quantitative estimate of drug-likeness (QED) is 0.633. The van der Waals surface area contributed by atoms with Gasteiger partial charge in [-0.3, -0.25) is 4.79 Å². The molecule has 9 heteroatoms. The summed E-state index contributed by atoms with van der Waals surface area (Å²) in [5.41, 5.74) is 1.19. The maximum Gasteiger partial charge on any atom is 0.416 e. The summed E-state index contributed by atoms with van der Waals surface area (Å²) in [5.74, 6) is 0.788. The Balaban J connectivity index is 1.89. The maximum absolute atomic E-state index is 13.7. The SMILES string of the molecule is COc1ccc(-n2nc(C)c3c2NC(=O)CS[C@@H]3c2ccccc2C(F)(F)F)cc1. The number of ether oxygens (including phenoxy) is 1. The van der Waals surface area contributed by atoms with Crippen molar-refractivity contribution in [2.24, 2.45) is 0 Å². The number of carbonyl (C=O) groups excluding carboxylic acids is 1. The van der Waals surface area contributed by atoms with Crippen LogP contribution in [0.1, 0.15) is 27.6 Å². The second-order valence-corrected chi connectivity index (χ2v) is 7.88. The highest BCUT2D eigenvalue weighted by Gasteiger charge is 2.38. The van der Waals surface area contributed by atoms with E-state index in [0.29, 0.717) is 28.5 Å². The molecule has 1 aromatic heterocycles. The first kappa shape index (κ1) is 20.3. The van der Waals surface area contributed by atoms with Gasteiger partial charge in [-0.15, -0.1) is 11.8 Å². The first-order valence-electron chi connectivity index (χ1n) is 9.11. The van der Waals surface area contributed by atoms with E-state index in [1.54, 1.807) is 49.0 Å². The number of amides is 1. The van der Waals surface area contributed by atoms with Gasteiger partial charge in [0.05, 0.1) is 35.1 Å². The van der Waals surface area contributed by atoms with Crippen LogP contribution >= 0.6 is 11.8 Å². The number of hydrogen-bond donors (Lipinski definition) is 1. The summed E-state index contributed by atoms with van der Waals surface area (Å²) < 4.78 is 47.7. The topological polar surface area (TPSA) is 56.1 Å². The molecule has 0 saturated carbocycles. The Morgan fingerprint density at radius 1 is 1.17 bits per heavy atom. The van der Waals surface area contributed by atoms with Crippen LogP contribution in [0.15, 0.2) is 48.5 Å². The second kappa shape index (κ2) is 7.71. The molecule has 0 spiro atoms. The zero-order valence-electron chi connectivity index (χ0n) is 16.2. The summed E-state index contributed by atoms with van der Waals surface area (Å²) in [4.78, 5) is 12.4. The van der Waals surface area contributed by atoms with Crippen molar-refractivity contribution in [2.75, 3.05) is 18.2 Å². The summed E-state index contributed by atoms with van der Waals surface area (Å²) in [5, 5.41) is 6.66. The number of halogens is 3. The number of hydrogen-bond acceptors (Lipinski definition) is 4. The first-order chi connectivity index (χ1) is 14.3. The Labute approximate surface area is 175 Å². The number of nitrogens with one attached hydrogen (secondary N) is 1. The molecule has 0 aliphatic carbocycles. The smallest absolute Gasteiger partial charge is 0.416 e. The third-order valence-electron chi connectivity index (χ3n) is 4.87. The van der Waals surface area contributed by atoms with Crippen molar-refractivity contribution >= 4 is 23.5 Å². The monoisotopic (exact) mass is 433 g/mol. The normalized spacial score (nSPS) is 16.6. The molecule has 3 aromatic rings. The number of carbonyl (C=O) groups is 1. The Bertz CT molecular complexity index is 1090. The second-order valence-electron chi connectivity index (χ2n) is 6.78. The van der Waals surface area contributed by atoms with Gasteiger partial charge >= 0.3 is 6.18 Å². The minimum absolute atomic E-state index is 0.0353. The number of aromatic nitrogens is 2. The lowest BCUT2D eigenvalue weighted by molar-refractivity contribution is -0.138. The van der Waals surface area contributed by atoms with Gasteiger partial charge in [0.15, 0.2) is 0 Å². The number of aryl methyl sites for hydroxylation is 1. The first-order valence-corrected chi connectivity index (χ1v) is 10.2. The Morgan fingerprint density at radius 3 is 2.53 bits per heavy atom. The number of benzene rings is 2. The van der Waals surface area contributed by atoms with Gasteiger partial charge in [0.2, 0.25) is 5.91 Å². The molecule has 5 nitrogen and oxygen atoms in total. The Morgan fingerprint density at radius 2 is 1.87 bits per heavy atom. The number of rotatable bonds is 3. The predicted molar refractivity (Wildman–Crippen MR) is 109 cm³/mol. The van der Waals surface area contributed by atoms with Crippen molar-refractivity contribution in [3.63, 3.8) is 0 Å². The fourth-order valence-electron chi connectivity index (χ4n) is 3.52. The van der Waals surface area contributed by atoms with Crippen molar-refractivity contribution in [2.45, 2.75) is 18.3 Å². The van der Waals surface area contributed by atoms with Gasteiger partial charge in [0, 0.05) is 5.56 Å². The average Bonchev–Trinajstić information content (AvgIpc) is 2.92. The standard InChI is InChI=1S/C21H18F3N3O2S/c1-12-18-19(15-5-3-4-6-16(15)21(22,23)24)30-11-17(28)25-20(18)27(26-12)13-7-9-14(29-2)10-8-13/h3-10,19H,11H2,1-2H3,(H,25,28)/t19-/m1/s1. The molecule has 1 N–H and O–H groups in total. The van der Waals surface area contributed by atoms with Crippen molar-refractivity contribution in [3.8, 4) is 11.4 Å². The molecule has 30 heavy (non-hydrogen) atoms. The fourth-order valence-corrected chi connectivity index (χ4v) is 4.75.